The third-order valence-corrected chi connectivity index (χ3v) is 9.16. The molecule has 0 aromatic rings. The van der Waals surface area contributed by atoms with Crippen molar-refractivity contribution in [3.63, 3.8) is 0 Å². The summed E-state index contributed by atoms with van der Waals surface area (Å²) in [5.74, 6) is 2.35. The zero-order valence-electron chi connectivity index (χ0n) is 11.3. The van der Waals surface area contributed by atoms with E-state index in [0.717, 1.165) is 0 Å². The third kappa shape index (κ3) is 4.01. The Labute approximate surface area is 109 Å². The van der Waals surface area contributed by atoms with Crippen LogP contribution in [-0.2, 0) is 4.43 Å². The second-order valence-electron chi connectivity index (χ2n) is 4.78. The van der Waals surface area contributed by atoms with E-state index in [1.807, 2.05) is 0 Å². The average molecular weight is 218 g/mol. The van der Waals surface area contributed by atoms with Crippen molar-refractivity contribution in [2.75, 3.05) is 6.61 Å². The Kier molecular flexibility index (Phi) is 8.96. The van der Waals surface area contributed by atoms with Crippen LogP contribution in [0.5, 0.6) is 0 Å². The maximum Gasteiger partial charge on any atom is 1.00 e. The van der Waals surface area contributed by atoms with Crippen molar-refractivity contribution in [2.24, 2.45) is 0 Å². The molecule has 0 amide bonds. The minimum absolute atomic E-state index is 0. The van der Waals surface area contributed by atoms with Crippen LogP contribution in [0.4, 0.5) is 0 Å². The molecule has 0 saturated carbocycles. The van der Waals surface area contributed by atoms with E-state index in [2.05, 4.69) is 47.5 Å². The van der Waals surface area contributed by atoms with Crippen LogP contribution < -0.4 is 18.9 Å². The summed E-state index contributed by atoms with van der Waals surface area (Å²) < 4.78 is 6.00. The van der Waals surface area contributed by atoms with Gasteiger partial charge < -0.3 is 16.8 Å². The summed E-state index contributed by atoms with van der Waals surface area (Å²) in [6.45, 7) is 13.8. The first-order chi connectivity index (χ1) is 6.39. The molecule has 0 aromatic carbocycles. The van der Waals surface area contributed by atoms with Crippen molar-refractivity contribution >= 4 is 8.32 Å². The summed E-state index contributed by atoms with van der Waals surface area (Å²) in [6, 6.07) is 0. The molecular weight excluding hydrogens is 195 g/mol. The van der Waals surface area contributed by atoms with Crippen LogP contribution in [-0.4, -0.2) is 14.9 Å². The SMILES string of the molecule is [C-]#CCO[Si](C(C)C)(C(C)C)C(C)C.[Li+]. The van der Waals surface area contributed by atoms with Crippen LogP contribution in [0.2, 0.25) is 16.6 Å². The van der Waals surface area contributed by atoms with Gasteiger partial charge >= 0.3 is 18.9 Å². The standard InChI is InChI=1S/C12H23OSi.Li/c1-8-9-13-14(10(2)3,11(4)5)12(6)7;/h10-12H,9H2,2-7H3;/q-1;+1. The van der Waals surface area contributed by atoms with E-state index in [4.69, 9.17) is 10.8 Å². The number of rotatable bonds is 5. The van der Waals surface area contributed by atoms with Gasteiger partial charge in [-0.25, -0.2) is 0 Å². The molecule has 0 saturated heterocycles. The normalized spacial score (nSPS) is 11.7. The Morgan fingerprint density at radius 1 is 1.00 bits per heavy atom. The number of hydrogen-bond acceptors (Lipinski definition) is 1. The fourth-order valence-electron chi connectivity index (χ4n) is 2.66. The van der Waals surface area contributed by atoms with E-state index < -0.39 is 8.32 Å². The maximum absolute atomic E-state index is 6.95. The van der Waals surface area contributed by atoms with Crippen molar-refractivity contribution in [1.29, 1.82) is 0 Å². The first-order valence-electron chi connectivity index (χ1n) is 5.43. The van der Waals surface area contributed by atoms with Gasteiger partial charge in [0.25, 0.3) is 0 Å². The van der Waals surface area contributed by atoms with Crippen LogP contribution in [0, 0.1) is 12.3 Å². The minimum atomic E-state index is -1.73. The molecule has 0 N–H and O–H groups in total. The Morgan fingerprint density at radius 3 is 1.53 bits per heavy atom. The molecule has 15 heavy (non-hydrogen) atoms. The monoisotopic (exact) mass is 218 g/mol. The van der Waals surface area contributed by atoms with E-state index in [9.17, 15) is 0 Å². The van der Waals surface area contributed by atoms with Gasteiger partial charge in [-0.3, -0.25) is 0 Å². The summed E-state index contributed by atoms with van der Waals surface area (Å²) in [7, 11) is -1.73. The first kappa shape index (κ1) is 17.7. The summed E-state index contributed by atoms with van der Waals surface area (Å²) in [5, 5.41) is 0. The molecule has 0 aliphatic heterocycles. The zero-order valence-corrected chi connectivity index (χ0v) is 12.3. The second-order valence-corrected chi connectivity index (χ2v) is 10.2. The van der Waals surface area contributed by atoms with Gasteiger partial charge in [0.05, 0.1) is 6.61 Å². The van der Waals surface area contributed by atoms with Crippen LogP contribution in [0.15, 0.2) is 0 Å². The molecule has 3 heteroatoms. The zero-order chi connectivity index (χ0) is 11.4. The van der Waals surface area contributed by atoms with E-state index in [1.165, 1.54) is 0 Å². The molecule has 0 atom stereocenters. The van der Waals surface area contributed by atoms with Gasteiger partial charge in [-0.1, -0.05) is 41.5 Å². The maximum atomic E-state index is 6.95. The Morgan fingerprint density at radius 2 is 1.33 bits per heavy atom. The summed E-state index contributed by atoms with van der Waals surface area (Å²) in [4.78, 5) is 0. The van der Waals surface area contributed by atoms with E-state index in [1.54, 1.807) is 0 Å². The molecular formula is C12H23LiOSi. The van der Waals surface area contributed by atoms with Crippen LogP contribution in [0.3, 0.4) is 0 Å². The summed E-state index contributed by atoms with van der Waals surface area (Å²) >= 11 is 0. The largest absolute Gasteiger partial charge is 1.00 e. The Bertz CT molecular complexity index is 184. The molecule has 0 fully saturated rings. The molecule has 0 radical (unpaired) electrons. The van der Waals surface area contributed by atoms with Crippen LogP contribution in [0.1, 0.15) is 41.5 Å². The molecule has 0 aliphatic carbocycles. The van der Waals surface area contributed by atoms with Crippen molar-refractivity contribution in [3.8, 4) is 5.92 Å². The summed E-state index contributed by atoms with van der Waals surface area (Å²) in [6.07, 6.45) is 6.95. The molecule has 0 rings (SSSR count). The Balaban J connectivity index is 0. The molecule has 0 spiro atoms. The van der Waals surface area contributed by atoms with Crippen molar-refractivity contribution in [1.82, 2.24) is 0 Å². The third-order valence-electron chi connectivity index (χ3n) is 3.10. The molecule has 82 valence electrons. The van der Waals surface area contributed by atoms with Crippen LogP contribution in [0.25, 0.3) is 0 Å². The fourth-order valence-corrected chi connectivity index (χ4v) is 7.98. The quantitative estimate of drug-likeness (QED) is 0.376. The van der Waals surface area contributed by atoms with Gasteiger partial charge in [0.15, 0.2) is 0 Å². The van der Waals surface area contributed by atoms with Gasteiger partial charge in [-0.2, -0.15) is 0 Å². The average Bonchev–Trinajstić information content (AvgIpc) is 2.03. The first-order valence-corrected chi connectivity index (χ1v) is 7.57. The second kappa shape index (κ2) is 7.58. The number of hydrogen-bond donors (Lipinski definition) is 0. The van der Waals surface area contributed by atoms with Gasteiger partial charge in [-0.15, -0.1) is 0 Å². The van der Waals surface area contributed by atoms with Gasteiger partial charge in [0.1, 0.15) is 0 Å². The van der Waals surface area contributed by atoms with Crippen LogP contribution >= 0.6 is 0 Å². The molecule has 0 unspecified atom stereocenters. The van der Waals surface area contributed by atoms with Crippen molar-refractivity contribution < 1.29 is 23.3 Å². The predicted octanol–water partition coefficient (Wildman–Crippen LogP) is 0.772. The fraction of sp³-hybridized carbons (Fsp3) is 0.833. The van der Waals surface area contributed by atoms with E-state index in [-0.39, 0.29) is 18.9 Å². The topological polar surface area (TPSA) is 9.23 Å². The summed E-state index contributed by atoms with van der Waals surface area (Å²) in [5.41, 5.74) is 1.78. The Hall–Kier alpha value is 0.334. The molecule has 0 bridgehead atoms. The molecule has 0 heterocycles. The van der Waals surface area contributed by atoms with Gasteiger partial charge in [0.2, 0.25) is 8.32 Å². The molecule has 0 aliphatic rings. The van der Waals surface area contributed by atoms with E-state index >= 15 is 0 Å². The van der Waals surface area contributed by atoms with Gasteiger partial charge in [-0.05, 0) is 16.6 Å². The van der Waals surface area contributed by atoms with Crippen molar-refractivity contribution in [2.45, 2.75) is 58.2 Å². The van der Waals surface area contributed by atoms with Crippen molar-refractivity contribution in [3.05, 3.63) is 6.42 Å². The molecule has 1 nitrogen and oxygen atoms in total. The predicted molar refractivity (Wildman–Crippen MR) is 64.1 cm³/mol. The molecule has 0 aromatic heterocycles. The smallest absolute Gasteiger partial charge is 0.691 e. The van der Waals surface area contributed by atoms with E-state index in [0.29, 0.717) is 23.2 Å². The van der Waals surface area contributed by atoms with Gasteiger partial charge in [0, 0.05) is 0 Å². The minimum Gasteiger partial charge on any atom is -0.691 e.